The first-order chi connectivity index (χ1) is 5.74. The van der Waals surface area contributed by atoms with Gasteiger partial charge in [-0.25, -0.2) is 0 Å². The quantitative estimate of drug-likeness (QED) is 0.681. The van der Waals surface area contributed by atoms with Crippen LogP contribution in [-0.4, -0.2) is 25.3 Å². The number of nitrogens with one attached hydrogen (secondary N) is 1. The molecule has 0 aromatic rings. The van der Waals surface area contributed by atoms with Gasteiger partial charge in [-0.05, 0) is 26.2 Å². The molecular formula is C9H16N2O. The lowest BCUT2D eigenvalue weighted by Gasteiger charge is -2.15. The number of hydrogen-bond acceptors (Lipinski definition) is 3. The minimum atomic E-state index is -0.0437. The Bertz CT molecular complexity index is 176. The molecule has 1 N–H and O–H groups in total. The molecule has 0 spiro atoms. The Kier molecular flexibility index (Phi) is 3.51. The fourth-order valence-corrected chi connectivity index (χ4v) is 1.42. The lowest BCUT2D eigenvalue weighted by Crippen LogP contribution is -2.32. The van der Waals surface area contributed by atoms with Crippen molar-refractivity contribution in [2.24, 2.45) is 5.92 Å². The molecule has 3 nitrogen and oxygen atoms in total. The normalized spacial score (nSPS) is 31.4. The number of nitriles is 1. The van der Waals surface area contributed by atoms with Gasteiger partial charge in [0.25, 0.3) is 0 Å². The summed E-state index contributed by atoms with van der Waals surface area (Å²) in [6.45, 7) is 5.74. The van der Waals surface area contributed by atoms with E-state index in [2.05, 4.69) is 18.3 Å². The van der Waals surface area contributed by atoms with Crippen molar-refractivity contribution < 1.29 is 4.74 Å². The molecule has 0 aliphatic carbocycles. The van der Waals surface area contributed by atoms with E-state index in [0.717, 1.165) is 19.6 Å². The van der Waals surface area contributed by atoms with Gasteiger partial charge in [0.2, 0.25) is 0 Å². The second-order valence-corrected chi connectivity index (χ2v) is 3.38. The number of ether oxygens (including phenoxy) is 1. The van der Waals surface area contributed by atoms with Crippen LogP contribution in [0.25, 0.3) is 0 Å². The van der Waals surface area contributed by atoms with Gasteiger partial charge in [0.15, 0.2) is 0 Å². The lowest BCUT2D eigenvalue weighted by molar-refractivity contribution is 0.105. The van der Waals surface area contributed by atoms with Crippen LogP contribution in [0.5, 0.6) is 0 Å². The Balaban J connectivity index is 2.19. The van der Waals surface area contributed by atoms with E-state index in [4.69, 9.17) is 10.00 Å². The predicted octanol–water partition coefficient (Wildman–Crippen LogP) is 0.913. The topological polar surface area (TPSA) is 45.0 Å². The average molecular weight is 168 g/mol. The largest absolute Gasteiger partial charge is 0.378 e. The van der Waals surface area contributed by atoms with Crippen LogP contribution in [0.1, 0.15) is 20.3 Å². The third-order valence-electron chi connectivity index (χ3n) is 2.41. The van der Waals surface area contributed by atoms with Crippen molar-refractivity contribution in [1.29, 1.82) is 5.26 Å². The van der Waals surface area contributed by atoms with Crippen LogP contribution < -0.4 is 5.32 Å². The molecule has 1 fully saturated rings. The highest BCUT2D eigenvalue weighted by atomic mass is 16.5. The van der Waals surface area contributed by atoms with Crippen LogP contribution in [-0.2, 0) is 4.74 Å². The summed E-state index contributed by atoms with van der Waals surface area (Å²) < 4.78 is 5.41. The van der Waals surface area contributed by atoms with E-state index in [1.165, 1.54) is 0 Å². The molecule has 0 saturated carbocycles. The SMILES string of the molecule is CC(C#N)NCC1CCOC1C. The van der Waals surface area contributed by atoms with Crippen molar-refractivity contribution in [3.05, 3.63) is 0 Å². The summed E-state index contributed by atoms with van der Waals surface area (Å²) in [6.07, 6.45) is 1.47. The van der Waals surface area contributed by atoms with Crippen LogP contribution in [0.2, 0.25) is 0 Å². The van der Waals surface area contributed by atoms with Gasteiger partial charge in [-0.15, -0.1) is 0 Å². The zero-order valence-electron chi connectivity index (χ0n) is 7.71. The van der Waals surface area contributed by atoms with Gasteiger partial charge in [-0.2, -0.15) is 5.26 Å². The van der Waals surface area contributed by atoms with E-state index in [1.54, 1.807) is 0 Å². The maximum atomic E-state index is 8.53. The molecule has 3 unspecified atom stereocenters. The van der Waals surface area contributed by atoms with Crippen molar-refractivity contribution in [3.8, 4) is 6.07 Å². The van der Waals surface area contributed by atoms with Crippen LogP contribution >= 0.6 is 0 Å². The van der Waals surface area contributed by atoms with Crippen molar-refractivity contribution in [2.75, 3.05) is 13.2 Å². The summed E-state index contributed by atoms with van der Waals surface area (Å²) in [5.41, 5.74) is 0. The molecule has 0 aromatic heterocycles. The zero-order chi connectivity index (χ0) is 8.97. The van der Waals surface area contributed by atoms with Crippen LogP contribution in [0.4, 0.5) is 0 Å². The van der Waals surface area contributed by atoms with Crippen LogP contribution in [0, 0.1) is 17.2 Å². The van der Waals surface area contributed by atoms with Gasteiger partial charge in [0.1, 0.15) is 0 Å². The van der Waals surface area contributed by atoms with Crippen molar-refractivity contribution in [2.45, 2.75) is 32.4 Å². The summed E-state index contributed by atoms with van der Waals surface area (Å²) >= 11 is 0. The third kappa shape index (κ3) is 2.47. The Labute approximate surface area is 73.7 Å². The molecule has 3 atom stereocenters. The van der Waals surface area contributed by atoms with E-state index < -0.39 is 0 Å². The van der Waals surface area contributed by atoms with E-state index >= 15 is 0 Å². The Morgan fingerprint density at radius 1 is 1.75 bits per heavy atom. The molecule has 1 aliphatic heterocycles. The molecule has 1 aliphatic rings. The first-order valence-corrected chi connectivity index (χ1v) is 4.48. The van der Waals surface area contributed by atoms with Crippen molar-refractivity contribution >= 4 is 0 Å². The highest BCUT2D eigenvalue weighted by Crippen LogP contribution is 2.19. The third-order valence-corrected chi connectivity index (χ3v) is 2.41. The summed E-state index contributed by atoms with van der Waals surface area (Å²) in [5.74, 6) is 0.584. The Hall–Kier alpha value is -0.590. The van der Waals surface area contributed by atoms with E-state index in [0.29, 0.717) is 12.0 Å². The van der Waals surface area contributed by atoms with Gasteiger partial charge in [0, 0.05) is 13.2 Å². The maximum Gasteiger partial charge on any atom is 0.0924 e. The summed E-state index contributed by atoms with van der Waals surface area (Å²) in [6, 6.07) is 2.11. The average Bonchev–Trinajstić information content (AvgIpc) is 2.47. The minimum absolute atomic E-state index is 0.0437. The first-order valence-electron chi connectivity index (χ1n) is 4.48. The Morgan fingerprint density at radius 3 is 3.00 bits per heavy atom. The standard InChI is InChI=1S/C9H16N2O/c1-7(5-10)11-6-9-3-4-12-8(9)2/h7-9,11H,3-4,6H2,1-2H3. The zero-order valence-corrected chi connectivity index (χ0v) is 7.71. The fraction of sp³-hybridized carbons (Fsp3) is 0.889. The van der Waals surface area contributed by atoms with Crippen molar-refractivity contribution in [1.82, 2.24) is 5.32 Å². The van der Waals surface area contributed by atoms with E-state index in [-0.39, 0.29) is 6.04 Å². The maximum absolute atomic E-state index is 8.53. The predicted molar refractivity (Wildman–Crippen MR) is 46.6 cm³/mol. The lowest BCUT2D eigenvalue weighted by atomic mass is 10.0. The highest BCUT2D eigenvalue weighted by Gasteiger charge is 2.23. The van der Waals surface area contributed by atoms with Gasteiger partial charge < -0.3 is 10.1 Å². The molecule has 3 heteroatoms. The summed E-state index contributed by atoms with van der Waals surface area (Å²) in [7, 11) is 0. The van der Waals surface area contributed by atoms with Crippen molar-refractivity contribution in [3.63, 3.8) is 0 Å². The smallest absolute Gasteiger partial charge is 0.0924 e. The number of rotatable bonds is 3. The molecule has 12 heavy (non-hydrogen) atoms. The summed E-state index contributed by atoms with van der Waals surface area (Å²) in [5, 5.41) is 11.7. The molecule has 0 radical (unpaired) electrons. The molecule has 1 saturated heterocycles. The second-order valence-electron chi connectivity index (χ2n) is 3.38. The van der Waals surface area contributed by atoms with Gasteiger partial charge >= 0.3 is 0 Å². The van der Waals surface area contributed by atoms with Gasteiger partial charge in [0.05, 0.1) is 18.2 Å². The van der Waals surface area contributed by atoms with Crippen LogP contribution in [0.3, 0.4) is 0 Å². The highest BCUT2D eigenvalue weighted by molar-refractivity contribution is 4.87. The molecule has 1 heterocycles. The molecule has 1 rings (SSSR count). The molecule has 68 valence electrons. The van der Waals surface area contributed by atoms with Crippen LogP contribution in [0.15, 0.2) is 0 Å². The number of hydrogen-bond donors (Lipinski definition) is 1. The molecule has 0 amide bonds. The molecular weight excluding hydrogens is 152 g/mol. The van der Waals surface area contributed by atoms with Gasteiger partial charge in [-0.3, -0.25) is 0 Å². The second kappa shape index (κ2) is 4.44. The summed E-state index contributed by atoms with van der Waals surface area (Å²) in [4.78, 5) is 0. The monoisotopic (exact) mass is 168 g/mol. The minimum Gasteiger partial charge on any atom is -0.378 e. The first kappa shape index (κ1) is 9.50. The molecule has 0 aromatic carbocycles. The number of nitrogens with zero attached hydrogens (tertiary/aromatic N) is 1. The van der Waals surface area contributed by atoms with E-state index in [9.17, 15) is 0 Å². The molecule has 0 bridgehead atoms. The Morgan fingerprint density at radius 2 is 2.50 bits per heavy atom. The van der Waals surface area contributed by atoms with Gasteiger partial charge in [-0.1, -0.05) is 0 Å². The fourth-order valence-electron chi connectivity index (χ4n) is 1.42. The van der Waals surface area contributed by atoms with E-state index in [1.807, 2.05) is 6.92 Å².